The summed E-state index contributed by atoms with van der Waals surface area (Å²) in [5.41, 5.74) is 1.56. The quantitative estimate of drug-likeness (QED) is 0.652. The predicted octanol–water partition coefficient (Wildman–Crippen LogP) is 3.48. The molecular formula is C14H18N4O2S. The molecule has 0 amide bonds. The van der Waals surface area contributed by atoms with Crippen LogP contribution in [0.3, 0.4) is 0 Å². The molecule has 2 rings (SSSR count). The Morgan fingerprint density at radius 3 is 2.86 bits per heavy atom. The van der Waals surface area contributed by atoms with Gasteiger partial charge in [0.2, 0.25) is 0 Å². The molecule has 1 aromatic heterocycles. The zero-order valence-electron chi connectivity index (χ0n) is 12.3. The van der Waals surface area contributed by atoms with Gasteiger partial charge in [-0.2, -0.15) is 0 Å². The van der Waals surface area contributed by atoms with Gasteiger partial charge in [-0.25, -0.2) is 0 Å². The van der Waals surface area contributed by atoms with Gasteiger partial charge in [0.25, 0.3) is 5.69 Å². The van der Waals surface area contributed by atoms with E-state index in [1.807, 2.05) is 13.8 Å². The summed E-state index contributed by atoms with van der Waals surface area (Å²) in [6, 6.07) is 5.13. The Balaban J connectivity index is 2.33. The minimum atomic E-state index is -0.380. The smallest absolute Gasteiger partial charge is 0.279 e. The second-order valence-electron chi connectivity index (χ2n) is 4.90. The summed E-state index contributed by atoms with van der Waals surface area (Å²) in [4.78, 5) is 10.8. The summed E-state index contributed by atoms with van der Waals surface area (Å²) in [6.45, 7) is 6.92. The Morgan fingerprint density at radius 2 is 2.19 bits per heavy atom. The van der Waals surface area contributed by atoms with Gasteiger partial charge in [-0.15, -0.1) is 10.2 Å². The van der Waals surface area contributed by atoms with Gasteiger partial charge in [0.1, 0.15) is 5.01 Å². The zero-order valence-corrected chi connectivity index (χ0v) is 13.1. The van der Waals surface area contributed by atoms with E-state index in [-0.39, 0.29) is 16.7 Å². The molecule has 0 saturated carbocycles. The average molecular weight is 306 g/mol. The van der Waals surface area contributed by atoms with Crippen LogP contribution in [0.5, 0.6) is 0 Å². The first-order valence-electron chi connectivity index (χ1n) is 6.85. The lowest BCUT2D eigenvalue weighted by Gasteiger charge is -2.08. The highest BCUT2D eigenvalue weighted by molar-refractivity contribution is 7.14. The number of nitro groups is 1. The molecule has 0 saturated heterocycles. The molecule has 1 aromatic carbocycles. The first kappa shape index (κ1) is 15.5. The Labute approximate surface area is 127 Å². The number of aromatic nitrogens is 2. The van der Waals surface area contributed by atoms with Gasteiger partial charge in [-0.3, -0.25) is 10.1 Å². The third-order valence-corrected chi connectivity index (χ3v) is 4.23. The van der Waals surface area contributed by atoms with Crippen LogP contribution in [0.25, 0.3) is 10.6 Å². The van der Waals surface area contributed by atoms with E-state index in [1.54, 1.807) is 12.1 Å². The first-order valence-corrected chi connectivity index (χ1v) is 7.66. The first-order chi connectivity index (χ1) is 10.0. The van der Waals surface area contributed by atoms with E-state index in [0.717, 1.165) is 23.5 Å². The van der Waals surface area contributed by atoms with Crippen molar-refractivity contribution in [3.8, 4) is 10.6 Å². The summed E-state index contributed by atoms with van der Waals surface area (Å²) < 4.78 is 0. The van der Waals surface area contributed by atoms with Gasteiger partial charge >= 0.3 is 0 Å². The van der Waals surface area contributed by atoms with E-state index < -0.39 is 0 Å². The fourth-order valence-corrected chi connectivity index (χ4v) is 2.84. The van der Waals surface area contributed by atoms with E-state index >= 15 is 0 Å². The van der Waals surface area contributed by atoms with Crippen LogP contribution in [-0.2, 0) is 0 Å². The maximum Gasteiger partial charge on any atom is 0.279 e. The van der Waals surface area contributed by atoms with E-state index in [4.69, 9.17) is 0 Å². The summed E-state index contributed by atoms with van der Waals surface area (Å²) in [5, 5.41) is 24.2. The molecule has 0 aliphatic carbocycles. The maximum atomic E-state index is 11.1. The minimum absolute atomic E-state index is 0.0671. The molecule has 1 atom stereocenters. The number of nitro benzene ring substituents is 1. The number of hydrogen-bond donors (Lipinski definition) is 1. The molecule has 0 fully saturated rings. The Kier molecular flexibility index (Phi) is 4.98. The lowest BCUT2D eigenvalue weighted by Crippen LogP contribution is -2.18. The monoisotopic (exact) mass is 306 g/mol. The van der Waals surface area contributed by atoms with Crippen LogP contribution >= 0.6 is 11.3 Å². The number of rotatable bonds is 6. The van der Waals surface area contributed by atoms with Crippen molar-refractivity contribution in [3.63, 3.8) is 0 Å². The highest BCUT2D eigenvalue weighted by Gasteiger charge is 2.20. The molecule has 21 heavy (non-hydrogen) atoms. The number of nitrogens with zero attached hydrogens (tertiary/aromatic N) is 3. The second kappa shape index (κ2) is 6.73. The van der Waals surface area contributed by atoms with E-state index in [1.165, 1.54) is 17.4 Å². The maximum absolute atomic E-state index is 11.1. The molecule has 0 aliphatic rings. The SMILES string of the molecule is CCCNC(C)c1nnc(-c2cc(C)ccc2[N+](=O)[O-])s1. The largest absolute Gasteiger partial charge is 0.308 e. The summed E-state index contributed by atoms with van der Waals surface area (Å²) in [5.74, 6) is 0. The van der Waals surface area contributed by atoms with E-state index in [2.05, 4.69) is 22.4 Å². The van der Waals surface area contributed by atoms with Crippen LogP contribution in [-0.4, -0.2) is 21.7 Å². The van der Waals surface area contributed by atoms with Crippen molar-refractivity contribution in [1.29, 1.82) is 0 Å². The van der Waals surface area contributed by atoms with Gasteiger partial charge in [-0.1, -0.05) is 24.3 Å². The van der Waals surface area contributed by atoms with Crippen molar-refractivity contribution >= 4 is 17.0 Å². The van der Waals surface area contributed by atoms with Gasteiger partial charge in [-0.05, 0) is 38.4 Å². The van der Waals surface area contributed by atoms with Crippen LogP contribution < -0.4 is 5.32 Å². The van der Waals surface area contributed by atoms with Crippen LogP contribution in [0.15, 0.2) is 18.2 Å². The molecule has 0 spiro atoms. The second-order valence-corrected chi connectivity index (χ2v) is 5.91. The van der Waals surface area contributed by atoms with Crippen LogP contribution in [0.4, 0.5) is 5.69 Å². The average Bonchev–Trinajstić information content (AvgIpc) is 2.94. The summed E-state index contributed by atoms with van der Waals surface area (Å²) in [7, 11) is 0. The molecule has 112 valence electrons. The third-order valence-electron chi connectivity index (χ3n) is 3.09. The Bertz CT molecular complexity index is 642. The van der Waals surface area contributed by atoms with E-state index in [9.17, 15) is 10.1 Å². The van der Waals surface area contributed by atoms with Gasteiger partial charge < -0.3 is 5.32 Å². The molecule has 0 aliphatic heterocycles. The van der Waals surface area contributed by atoms with Crippen molar-refractivity contribution in [2.24, 2.45) is 0 Å². The van der Waals surface area contributed by atoms with Crippen LogP contribution in [0.2, 0.25) is 0 Å². The lowest BCUT2D eigenvalue weighted by atomic mass is 10.1. The third kappa shape index (κ3) is 3.62. The summed E-state index contributed by atoms with van der Waals surface area (Å²) in [6.07, 6.45) is 1.04. The Hall–Kier alpha value is -1.86. The Morgan fingerprint density at radius 1 is 1.43 bits per heavy atom. The van der Waals surface area contributed by atoms with Gasteiger partial charge in [0.05, 0.1) is 16.5 Å². The van der Waals surface area contributed by atoms with Crippen molar-refractivity contribution in [1.82, 2.24) is 15.5 Å². The van der Waals surface area contributed by atoms with Crippen molar-refractivity contribution in [2.45, 2.75) is 33.2 Å². The normalized spacial score (nSPS) is 12.3. The molecule has 0 radical (unpaired) electrons. The highest BCUT2D eigenvalue weighted by atomic mass is 32.1. The lowest BCUT2D eigenvalue weighted by molar-refractivity contribution is -0.384. The minimum Gasteiger partial charge on any atom is -0.308 e. The zero-order chi connectivity index (χ0) is 15.4. The van der Waals surface area contributed by atoms with Crippen molar-refractivity contribution in [3.05, 3.63) is 38.9 Å². The van der Waals surface area contributed by atoms with Crippen molar-refractivity contribution < 1.29 is 4.92 Å². The fraction of sp³-hybridized carbons (Fsp3) is 0.429. The standard InChI is InChI=1S/C14H18N4O2S/c1-4-7-15-10(3)13-16-17-14(21-13)11-8-9(2)5-6-12(11)18(19)20/h5-6,8,10,15H,4,7H2,1-3H3. The van der Waals surface area contributed by atoms with Gasteiger partial charge in [0, 0.05) is 6.07 Å². The molecule has 7 heteroatoms. The molecule has 2 aromatic rings. The molecular weight excluding hydrogens is 288 g/mol. The van der Waals surface area contributed by atoms with Crippen molar-refractivity contribution in [2.75, 3.05) is 6.54 Å². The number of benzene rings is 1. The molecule has 0 bridgehead atoms. The number of aryl methyl sites for hydroxylation is 1. The molecule has 1 heterocycles. The van der Waals surface area contributed by atoms with Crippen LogP contribution in [0, 0.1) is 17.0 Å². The predicted molar refractivity (Wildman–Crippen MR) is 83.4 cm³/mol. The van der Waals surface area contributed by atoms with Crippen LogP contribution in [0.1, 0.15) is 36.9 Å². The molecule has 1 N–H and O–H groups in total. The fourth-order valence-electron chi connectivity index (χ4n) is 1.95. The topological polar surface area (TPSA) is 81.0 Å². The van der Waals surface area contributed by atoms with Gasteiger partial charge in [0.15, 0.2) is 5.01 Å². The molecule has 1 unspecified atom stereocenters. The molecule has 6 nitrogen and oxygen atoms in total. The number of nitrogens with one attached hydrogen (secondary N) is 1. The highest BCUT2D eigenvalue weighted by Crippen LogP contribution is 2.34. The van der Waals surface area contributed by atoms with E-state index in [0.29, 0.717) is 10.6 Å². The summed E-state index contributed by atoms with van der Waals surface area (Å²) >= 11 is 1.40. The number of hydrogen-bond acceptors (Lipinski definition) is 6.